The highest BCUT2D eigenvalue weighted by atomic mass is 31.2. The Balaban J connectivity index is 4.04. The maximum atomic E-state index is 12.0. The molecule has 14 heavy (non-hydrogen) atoms. The van der Waals surface area contributed by atoms with Crippen LogP contribution < -0.4 is 0 Å². The van der Waals surface area contributed by atoms with Crippen LogP contribution in [0.4, 0.5) is 0 Å². The van der Waals surface area contributed by atoms with Gasteiger partial charge >= 0.3 is 7.75 Å². The molecule has 0 N–H and O–H groups in total. The van der Waals surface area contributed by atoms with E-state index in [1.807, 2.05) is 19.0 Å². The molecular formula is C8H21N2O3P. The van der Waals surface area contributed by atoms with Crippen molar-refractivity contribution in [3.63, 3.8) is 0 Å². The minimum absolute atomic E-state index is 0.386. The van der Waals surface area contributed by atoms with Crippen LogP contribution in [0, 0.1) is 0 Å². The summed E-state index contributed by atoms with van der Waals surface area (Å²) in [6.45, 7) is 3.32. The summed E-state index contributed by atoms with van der Waals surface area (Å²) in [6.07, 6.45) is 0. The van der Waals surface area contributed by atoms with Gasteiger partial charge in [0.2, 0.25) is 0 Å². The molecule has 0 aromatic rings. The van der Waals surface area contributed by atoms with Gasteiger partial charge in [-0.1, -0.05) is 0 Å². The van der Waals surface area contributed by atoms with Gasteiger partial charge in [0.15, 0.2) is 0 Å². The summed E-state index contributed by atoms with van der Waals surface area (Å²) in [6, 6.07) is 0. The highest BCUT2D eigenvalue weighted by Crippen LogP contribution is 2.49. The fourth-order valence-electron chi connectivity index (χ4n) is 0.770. The molecule has 0 spiro atoms. The molecule has 0 aromatic carbocycles. The third-order valence-electron chi connectivity index (χ3n) is 1.58. The maximum Gasteiger partial charge on any atom is 0.407 e. The highest BCUT2D eigenvalue weighted by Gasteiger charge is 2.26. The molecule has 6 heteroatoms. The number of rotatable bonds is 7. The predicted molar refractivity (Wildman–Crippen MR) is 57.4 cm³/mol. The van der Waals surface area contributed by atoms with Gasteiger partial charge in [-0.2, -0.15) is 0 Å². The van der Waals surface area contributed by atoms with Crippen LogP contribution in [0.25, 0.3) is 0 Å². The Morgan fingerprint density at radius 1 is 1.14 bits per heavy atom. The van der Waals surface area contributed by atoms with Crippen molar-refractivity contribution in [3.8, 4) is 0 Å². The quantitative estimate of drug-likeness (QED) is 0.609. The summed E-state index contributed by atoms with van der Waals surface area (Å²) in [4.78, 5) is 1.96. The summed E-state index contributed by atoms with van der Waals surface area (Å²) >= 11 is 0. The molecule has 0 aliphatic carbocycles. The molecule has 0 rings (SSSR count). The van der Waals surface area contributed by atoms with Crippen LogP contribution in [0.5, 0.6) is 0 Å². The van der Waals surface area contributed by atoms with E-state index in [1.54, 1.807) is 21.0 Å². The molecule has 1 unspecified atom stereocenters. The third-order valence-corrected chi connectivity index (χ3v) is 3.65. The lowest BCUT2D eigenvalue weighted by atomic mass is 10.6. The molecule has 0 aromatic heterocycles. The normalized spacial score (nSPS) is 16.2. The standard InChI is InChI=1S/C8H21N2O3P/c1-6-12-14(11,10(4)5)13-8-7-9(2)3/h6-8H2,1-5H3. The summed E-state index contributed by atoms with van der Waals surface area (Å²) in [5.74, 6) is 0. The van der Waals surface area contributed by atoms with Gasteiger partial charge in [-0.3, -0.25) is 9.05 Å². The number of hydrogen-bond acceptors (Lipinski definition) is 4. The molecular weight excluding hydrogens is 203 g/mol. The maximum absolute atomic E-state index is 12.0. The van der Waals surface area contributed by atoms with Crippen LogP contribution in [0.1, 0.15) is 6.92 Å². The number of nitrogens with zero attached hydrogens (tertiary/aromatic N) is 2. The second kappa shape index (κ2) is 6.53. The molecule has 0 heterocycles. The average molecular weight is 224 g/mol. The van der Waals surface area contributed by atoms with E-state index in [-0.39, 0.29) is 0 Å². The Kier molecular flexibility index (Phi) is 6.57. The molecule has 0 radical (unpaired) electrons. The molecule has 86 valence electrons. The zero-order chi connectivity index (χ0) is 11.2. The van der Waals surface area contributed by atoms with Gasteiger partial charge in [-0.05, 0) is 35.1 Å². The van der Waals surface area contributed by atoms with Crippen molar-refractivity contribution in [2.24, 2.45) is 0 Å². The monoisotopic (exact) mass is 224 g/mol. The van der Waals surface area contributed by atoms with E-state index in [1.165, 1.54) is 4.67 Å². The Morgan fingerprint density at radius 3 is 2.07 bits per heavy atom. The van der Waals surface area contributed by atoms with Crippen LogP contribution in [0.3, 0.4) is 0 Å². The fourth-order valence-corrected chi connectivity index (χ4v) is 1.95. The molecule has 5 nitrogen and oxygen atoms in total. The summed E-state index contributed by atoms with van der Waals surface area (Å²) in [7, 11) is 4.20. The second-order valence-corrected chi connectivity index (χ2v) is 5.62. The Bertz CT molecular complexity index is 197. The van der Waals surface area contributed by atoms with Crippen LogP contribution in [-0.2, 0) is 13.6 Å². The first-order valence-corrected chi connectivity index (χ1v) is 6.13. The molecule has 0 fully saturated rings. The molecule has 0 amide bonds. The number of hydrogen-bond donors (Lipinski definition) is 0. The van der Waals surface area contributed by atoms with E-state index in [9.17, 15) is 4.57 Å². The summed E-state index contributed by atoms with van der Waals surface area (Å²) in [5, 5.41) is 0. The summed E-state index contributed by atoms with van der Waals surface area (Å²) in [5.41, 5.74) is 0. The summed E-state index contributed by atoms with van der Waals surface area (Å²) < 4.78 is 23.8. The molecule has 0 aliphatic rings. The molecule has 0 bridgehead atoms. The molecule has 0 saturated heterocycles. The Morgan fingerprint density at radius 2 is 1.71 bits per heavy atom. The van der Waals surface area contributed by atoms with Gasteiger partial charge in [-0.25, -0.2) is 9.24 Å². The SMILES string of the molecule is CCOP(=O)(OCCN(C)C)N(C)C. The lowest BCUT2D eigenvalue weighted by Crippen LogP contribution is -2.20. The van der Waals surface area contributed by atoms with Gasteiger partial charge in [0, 0.05) is 6.54 Å². The van der Waals surface area contributed by atoms with Crippen molar-refractivity contribution >= 4 is 7.75 Å². The molecule has 0 aliphatic heterocycles. The van der Waals surface area contributed by atoms with E-state index in [4.69, 9.17) is 9.05 Å². The highest BCUT2D eigenvalue weighted by molar-refractivity contribution is 7.51. The van der Waals surface area contributed by atoms with Crippen LogP contribution in [0.2, 0.25) is 0 Å². The smallest absolute Gasteiger partial charge is 0.307 e. The third kappa shape index (κ3) is 5.08. The van der Waals surface area contributed by atoms with Crippen molar-refractivity contribution in [2.75, 3.05) is 47.9 Å². The van der Waals surface area contributed by atoms with Gasteiger partial charge in [0.05, 0.1) is 13.2 Å². The van der Waals surface area contributed by atoms with Gasteiger partial charge in [0.1, 0.15) is 0 Å². The van der Waals surface area contributed by atoms with Gasteiger partial charge in [-0.15, -0.1) is 0 Å². The Hall–Kier alpha value is 0.0700. The van der Waals surface area contributed by atoms with Crippen molar-refractivity contribution in [1.82, 2.24) is 9.57 Å². The zero-order valence-corrected chi connectivity index (χ0v) is 10.6. The van der Waals surface area contributed by atoms with E-state index in [0.29, 0.717) is 13.2 Å². The van der Waals surface area contributed by atoms with E-state index >= 15 is 0 Å². The average Bonchev–Trinajstić information content (AvgIpc) is 2.03. The fraction of sp³-hybridized carbons (Fsp3) is 1.00. The minimum Gasteiger partial charge on any atom is -0.307 e. The molecule has 1 atom stereocenters. The first-order valence-electron chi connectivity index (χ1n) is 4.64. The number of likely N-dealkylation sites (N-methyl/N-ethyl adjacent to an activating group) is 1. The van der Waals surface area contributed by atoms with Crippen molar-refractivity contribution in [1.29, 1.82) is 0 Å². The van der Waals surface area contributed by atoms with Crippen molar-refractivity contribution in [3.05, 3.63) is 0 Å². The minimum atomic E-state index is -3.04. The van der Waals surface area contributed by atoms with E-state index in [0.717, 1.165) is 6.54 Å². The molecule has 0 saturated carbocycles. The van der Waals surface area contributed by atoms with Crippen LogP contribution >= 0.6 is 7.75 Å². The van der Waals surface area contributed by atoms with Gasteiger partial charge in [0.25, 0.3) is 0 Å². The second-order valence-electron chi connectivity index (χ2n) is 3.37. The lowest BCUT2D eigenvalue weighted by molar-refractivity contribution is 0.165. The van der Waals surface area contributed by atoms with E-state index < -0.39 is 7.75 Å². The Labute approximate surface area is 86.6 Å². The largest absolute Gasteiger partial charge is 0.407 e. The van der Waals surface area contributed by atoms with Crippen LogP contribution in [0.15, 0.2) is 0 Å². The first-order chi connectivity index (χ1) is 6.42. The topological polar surface area (TPSA) is 42.0 Å². The first kappa shape index (κ1) is 14.1. The van der Waals surface area contributed by atoms with Gasteiger partial charge < -0.3 is 4.90 Å². The van der Waals surface area contributed by atoms with Crippen molar-refractivity contribution < 1.29 is 13.6 Å². The lowest BCUT2D eigenvalue weighted by Gasteiger charge is -2.23. The van der Waals surface area contributed by atoms with Crippen LogP contribution in [-0.4, -0.2) is 57.5 Å². The van der Waals surface area contributed by atoms with Crippen molar-refractivity contribution in [2.45, 2.75) is 6.92 Å². The van der Waals surface area contributed by atoms with E-state index in [2.05, 4.69) is 0 Å². The predicted octanol–water partition coefficient (Wildman–Crippen LogP) is 1.27. The zero-order valence-electron chi connectivity index (χ0n) is 9.69.